The van der Waals surface area contributed by atoms with Gasteiger partial charge in [-0.25, -0.2) is 0 Å². The molecule has 1 aromatic rings. The molecule has 0 saturated carbocycles. The molecule has 1 N–H and O–H groups in total. The van der Waals surface area contributed by atoms with Gasteiger partial charge in [-0.3, -0.25) is 5.21 Å². The van der Waals surface area contributed by atoms with E-state index in [2.05, 4.69) is 0 Å². The summed E-state index contributed by atoms with van der Waals surface area (Å²) in [7, 11) is 0. The van der Waals surface area contributed by atoms with E-state index in [0.29, 0.717) is 0 Å². The average molecular weight is 202 g/mol. The van der Waals surface area contributed by atoms with E-state index in [1.807, 2.05) is 0 Å². The van der Waals surface area contributed by atoms with Crippen molar-refractivity contribution in [2.24, 2.45) is 0 Å². The quantitative estimate of drug-likeness (QED) is 0.561. The molecule has 3 nitrogen and oxygen atoms in total. The number of hydrogen-bond donors (Lipinski definition) is 1. The molecule has 0 fully saturated rings. The minimum absolute atomic E-state index is 0.0470. The number of benzene rings is 1. The maximum absolute atomic E-state index is 12.0. The normalized spacial score (nSPS) is 10.8. The lowest BCUT2D eigenvalue weighted by Gasteiger charge is -2.19. The zero-order chi connectivity index (χ0) is 10.8. The highest BCUT2D eigenvalue weighted by Gasteiger charge is 2.37. The summed E-state index contributed by atoms with van der Waals surface area (Å²) >= 11 is 0. The maximum atomic E-state index is 12.0. The zero-order valence-electron chi connectivity index (χ0n) is 6.78. The highest BCUT2D eigenvalue weighted by Crippen LogP contribution is 2.26. The molecule has 0 aliphatic carbocycles. The number of halogens is 3. The number of nitriles is 1. The van der Waals surface area contributed by atoms with Crippen LogP contribution in [0.3, 0.4) is 0 Å². The summed E-state index contributed by atoms with van der Waals surface area (Å²) in [6, 6.07) is 6.25. The van der Waals surface area contributed by atoms with E-state index in [0.717, 1.165) is 12.1 Å². The van der Waals surface area contributed by atoms with Gasteiger partial charge in [0.1, 0.15) is 0 Å². The summed E-state index contributed by atoms with van der Waals surface area (Å²) in [5.74, 6) is 0. The molecule has 0 unspecified atom stereocenters. The average Bonchev–Trinajstić information content (AvgIpc) is 2.15. The van der Waals surface area contributed by atoms with Crippen LogP contribution in [0.2, 0.25) is 0 Å². The highest BCUT2D eigenvalue weighted by molar-refractivity contribution is 5.49. The standard InChI is InChI=1S/C8H5F3N2O/c9-8(10,11)13(14)7-3-1-2-6(4-7)5-12/h1-4,14H. The summed E-state index contributed by atoms with van der Waals surface area (Å²) in [4.78, 5) is 0. The number of hydrogen-bond acceptors (Lipinski definition) is 3. The third-order valence-electron chi connectivity index (χ3n) is 1.46. The molecule has 1 aromatic carbocycles. The van der Waals surface area contributed by atoms with E-state index in [9.17, 15) is 13.2 Å². The van der Waals surface area contributed by atoms with Crippen LogP contribution in [-0.4, -0.2) is 11.5 Å². The van der Waals surface area contributed by atoms with E-state index in [1.54, 1.807) is 6.07 Å². The van der Waals surface area contributed by atoms with Gasteiger partial charge >= 0.3 is 6.30 Å². The molecule has 0 bridgehead atoms. The molecule has 0 radical (unpaired) electrons. The molecule has 0 spiro atoms. The van der Waals surface area contributed by atoms with E-state index >= 15 is 0 Å². The van der Waals surface area contributed by atoms with Crippen LogP contribution in [0, 0.1) is 11.3 Å². The van der Waals surface area contributed by atoms with E-state index in [1.165, 1.54) is 12.1 Å². The molecule has 0 saturated heterocycles. The first-order valence-corrected chi connectivity index (χ1v) is 3.51. The fourth-order valence-electron chi connectivity index (χ4n) is 0.854. The lowest BCUT2D eigenvalue weighted by molar-refractivity contribution is -0.176. The van der Waals surface area contributed by atoms with Crippen molar-refractivity contribution in [2.75, 3.05) is 5.06 Å². The van der Waals surface area contributed by atoms with Crippen LogP contribution in [-0.2, 0) is 0 Å². The number of nitrogens with zero attached hydrogens (tertiary/aromatic N) is 2. The molecule has 14 heavy (non-hydrogen) atoms. The van der Waals surface area contributed by atoms with Crippen LogP contribution in [0.1, 0.15) is 5.56 Å². The number of rotatable bonds is 1. The van der Waals surface area contributed by atoms with Crippen LogP contribution in [0.15, 0.2) is 24.3 Å². The van der Waals surface area contributed by atoms with Crippen LogP contribution < -0.4 is 5.06 Å². The predicted octanol–water partition coefficient (Wildman–Crippen LogP) is 2.27. The maximum Gasteiger partial charge on any atom is 0.508 e. The van der Waals surface area contributed by atoms with E-state index in [-0.39, 0.29) is 5.56 Å². The van der Waals surface area contributed by atoms with Gasteiger partial charge in [0.05, 0.1) is 17.3 Å². The zero-order valence-corrected chi connectivity index (χ0v) is 6.78. The topological polar surface area (TPSA) is 47.3 Å². The second kappa shape index (κ2) is 3.55. The summed E-state index contributed by atoms with van der Waals surface area (Å²) in [6.07, 6.45) is -4.87. The Bertz CT molecular complexity index is 370. The Balaban J connectivity index is 3.03. The molecular weight excluding hydrogens is 197 g/mol. The molecule has 0 aliphatic rings. The highest BCUT2D eigenvalue weighted by atomic mass is 19.4. The van der Waals surface area contributed by atoms with Crippen molar-refractivity contribution in [2.45, 2.75) is 6.30 Å². The molecule has 0 amide bonds. The number of hydroxylamine groups is 1. The van der Waals surface area contributed by atoms with Gasteiger partial charge in [0.25, 0.3) is 0 Å². The fraction of sp³-hybridized carbons (Fsp3) is 0.125. The monoisotopic (exact) mass is 202 g/mol. The SMILES string of the molecule is N#Cc1cccc(N(O)C(F)(F)F)c1. The summed E-state index contributed by atoms with van der Waals surface area (Å²) in [5, 5.41) is 16.3. The lowest BCUT2D eigenvalue weighted by Crippen LogP contribution is -2.34. The second-order valence-electron chi connectivity index (χ2n) is 2.44. The Morgan fingerprint density at radius 3 is 2.50 bits per heavy atom. The van der Waals surface area contributed by atoms with Gasteiger partial charge in [-0.1, -0.05) is 6.07 Å². The Labute approximate surface area is 77.6 Å². The largest absolute Gasteiger partial charge is 0.508 e. The van der Waals surface area contributed by atoms with Crippen LogP contribution in [0.25, 0.3) is 0 Å². The van der Waals surface area contributed by atoms with Crippen molar-refractivity contribution in [1.82, 2.24) is 0 Å². The van der Waals surface area contributed by atoms with Crippen molar-refractivity contribution in [3.63, 3.8) is 0 Å². The minimum atomic E-state index is -4.87. The minimum Gasteiger partial charge on any atom is -0.281 e. The van der Waals surface area contributed by atoms with Crippen LogP contribution in [0.4, 0.5) is 18.9 Å². The second-order valence-corrected chi connectivity index (χ2v) is 2.44. The van der Waals surface area contributed by atoms with Gasteiger partial charge in [0.2, 0.25) is 0 Å². The smallest absolute Gasteiger partial charge is 0.281 e. The molecule has 74 valence electrons. The Morgan fingerprint density at radius 2 is 2.00 bits per heavy atom. The van der Waals surface area contributed by atoms with Crippen molar-refractivity contribution < 1.29 is 18.4 Å². The molecule has 0 aromatic heterocycles. The van der Waals surface area contributed by atoms with Crippen molar-refractivity contribution in [3.8, 4) is 6.07 Å². The van der Waals surface area contributed by atoms with Crippen LogP contribution in [0.5, 0.6) is 0 Å². The van der Waals surface area contributed by atoms with Gasteiger partial charge < -0.3 is 0 Å². The lowest BCUT2D eigenvalue weighted by atomic mass is 10.2. The van der Waals surface area contributed by atoms with E-state index < -0.39 is 17.1 Å². The molecule has 1 rings (SSSR count). The number of alkyl halides is 3. The first kappa shape index (κ1) is 10.3. The first-order chi connectivity index (χ1) is 6.45. The van der Waals surface area contributed by atoms with Crippen molar-refractivity contribution in [3.05, 3.63) is 29.8 Å². The summed E-state index contributed by atoms with van der Waals surface area (Å²) in [5.41, 5.74) is -0.442. The van der Waals surface area contributed by atoms with Gasteiger partial charge in [-0.2, -0.15) is 10.3 Å². The van der Waals surface area contributed by atoms with Gasteiger partial charge in [0, 0.05) is 0 Å². The van der Waals surface area contributed by atoms with Crippen molar-refractivity contribution >= 4 is 5.69 Å². The Morgan fingerprint density at radius 1 is 1.36 bits per heavy atom. The Kier molecular flexibility index (Phi) is 2.63. The summed E-state index contributed by atoms with van der Waals surface area (Å²) in [6.45, 7) is 0. The fourth-order valence-corrected chi connectivity index (χ4v) is 0.854. The van der Waals surface area contributed by atoms with Gasteiger partial charge in [-0.05, 0) is 18.2 Å². The molecular formula is C8H5F3N2O. The third kappa shape index (κ3) is 2.14. The first-order valence-electron chi connectivity index (χ1n) is 3.51. The predicted molar refractivity (Wildman–Crippen MR) is 41.5 cm³/mol. The van der Waals surface area contributed by atoms with Gasteiger partial charge in [-0.15, -0.1) is 13.2 Å². The molecule has 0 aliphatic heterocycles. The van der Waals surface area contributed by atoms with Gasteiger partial charge in [0.15, 0.2) is 0 Å². The van der Waals surface area contributed by atoms with Crippen molar-refractivity contribution in [1.29, 1.82) is 5.26 Å². The molecule has 6 heteroatoms. The third-order valence-corrected chi connectivity index (χ3v) is 1.46. The Hall–Kier alpha value is -1.74. The number of anilines is 1. The molecule has 0 heterocycles. The van der Waals surface area contributed by atoms with E-state index in [4.69, 9.17) is 10.5 Å². The molecule has 0 atom stereocenters. The summed E-state index contributed by atoms with van der Waals surface area (Å²) < 4.78 is 35.9. The van der Waals surface area contributed by atoms with Crippen LogP contribution >= 0.6 is 0 Å².